The molecule has 0 aromatic carbocycles. The van der Waals surface area contributed by atoms with E-state index in [9.17, 15) is 0 Å². The first kappa shape index (κ1) is 10.4. The standard InChI is InChI=1S/C9H14N4O/c1-3-7(4-2)12-13-8-5-9(14)11-6-10-8/h5-6H,3-4H2,1-2H3,(H2,10,11,13,14). The van der Waals surface area contributed by atoms with Gasteiger partial charge in [0, 0.05) is 11.8 Å². The Balaban J connectivity index is 2.65. The number of anilines is 1. The molecule has 14 heavy (non-hydrogen) atoms. The van der Waals surface area contributed by atoms with Crippen LogP contribution in [-0.2, 0) is 0 Å². The van der Waals surface area contributed by atoms with Crippen LogP contribution < -0.4 is 5.43 Å². The van der Waals surface area contributed by atoms with Gasteiger partial charge in [-0.15, -0.1) is 0 Å². The third kappa shape index (κ3) is 3.01. The van der Waals surface area contributed by atoms with Gasteiger partial charge < -0.3 is 5.11 Å². The van der Waals surface area contributed by atoms with Gasteiger partial charge in [-0.1, -0.05) is 13.8 Å². The average Bonchev–Trinajstić information content (AvgIpc) is 2.19. The van der Waals surface area contributed by atoms with Gasteiger partial charge >= 0.3 is 0 Å². The van der Waals surface area contributed by atoms with Crippen LogP contribution in [0.4, 0.5) is 5.82 Å². The number of hydrazone groups is 1. The van der Waals surface area contributed by atoms with Gasteiger partial charge in [-0.05, 0) is 12.8 Å². The molecule has 0 aliphatic carbocycles. The molecule has 0 saturated heterocycles. The predicted octanol–water partition coefficient (Wildman–Crippen LogP) is 1.77. The highest BCUT2D eigenvalue weighted by molar-refractivity contribution is 5.84. The molecule has 1 aromatic rings. The first-order valence-electron chi connectivity index (χ1n) is 4.58. The van der Waals surface area contributed by atoms with Gasteiger partial charge in [-0.2, -0.15) is 5.10 Å². The fourth-order valence-electron chi connectivity index (χ4n) is 0.953. The summed E-state index contributed by atoms with van der Waals surface area (Å²) in [7, 11) is 0. The highest BCUT2D eigenvalue weighted by Gasteiger charge is 1.95. The second-order valence-corrected chi connectivity index (χ2v) is 2.76. The van der Waals surface area contributed by atoms with Crippen LogP contribution in [0.3, 0.4) is 0 Å². The molecule has 0 unspecified atom stereocenters. The van der Waals surface area contributed by atoms with Crippen molar-refractivity contribution < 1.29 is 5.11 Å². The van der Waals surface area contributed by atoms with Gasteiger partial charge in [0.05, 0.1) is 0 Å². The number of hydrogen-bond acceptors (Lipinski definition) is 5. The zero-order chi connectivity index (χ0) is 10.4. The van der Waals surface area contributed by atoms with Gasteiger partial charge in [-0.3, -0.25) is 5.43 Å². The zero-order valence-corrected chi connectivity index (χ0v) is 8.36. The molecule has 0 amide bonds. The second-order valence-electron chi connectivity index (χ2n) is 2.76. The van der Waals surface area contributed by atoms with Gasteiger partial charge in [0.15, 0.2) is 5.82 Å². The molecular weight excluding hydrogens is 180 g/mol. The molecule has 0 spiro atoms. The van der Waals surface area contributed by atoms with Gasteiger partial charge in [-0.25, -0.2) is 9.97 Å². The summed E-state index contributed by atoms with van der Waals surface area (Å²) in [6, 6.07) is 1.42. The highest BCUT2D eigenvalue weighted by atomic mass is 16.3. The van der Waals surface area contributed by atoms with Crippen LogP contribution in [0, 0.1) is 0 Å². The van der Waals surface area contributed by atoms with Gasteiger partial charge in [0.2, 0.25) is 5.88 Å². The third-order valence-corrected chi connectivity index (χ3v) is 1.80. The fraction of sp³-hybridized carbons (Fsp3) is 0.444. The summed E-state index contributed by atoms with van der Waals surface area (Å²) in [4.78, 5) is 7.45. The molecular formula is C9H14N4O. The Morgan fingerprint density at radius 1 is 1.43 bits per heavy atom. The van der Waals surface area contributed by atoms with E-state index >= 15 is 0 Å². The smallest absolute Gasteiger partial charge is 0.216 e. The number of nitrogens with one attached hydrogen (secondary N) is 1. The van der Waals surface area contributed by atoms with Crippen molar-refractivity contribution in [2.45, 2.75) is 26.7 Å². The Bertz CT molecular complexity index is 318. The van der Waals surface area contributed by atoms with E-state index in [4.69, 9.17) is 5.11 Å². The van der Waals surface area contributed by atoms with Crippen LogP contribution in [0.5, 0.6) is 5.88 Å². The molecule has 0 radical (unpaired) electrons. The Hall–Kier alpha value is -1.65. The Labute approximate surface area is 82.9 Å². The van der Waals surface area contributed by atoms with Crippen LogP contribution >= 0.6 is 0 Å². The van der Waals surface area contributed by atoms with Crippen LogP contribution in [0.25, 0.3) is 0 Å². The lowest BCUT2D eigenvalue weighted by atomic mass is 10.2. The molecule has 5 nitrogen and oxygen atoms in total. The van der Waals surface area contributed by atoms with Crippen molar-refractivity contribution in [1.29, 1.82) is 0 Å². The number of hydrogen-bond donors (Lipinski definition) is 2. The maximum Gasteiger partial charge on any atom is 0.216 e. The first-order valence-corrected chi connectivity index (χ1v) is 4.58. The van der Waals surface area contributed by atoms with Crippen molar-refractivity contribution in [1.82, 2.24) is 9.97 Å². The van der Waals surface area contributed by atoms with Crippen molar-refractivity contribution in [3.05, 3.63) is 12.4 Å². The van der Waals surface area contributed by atoms with E-state index in [1.54, 1.807) is 0 Å². The first-order chi connectivity index (χ1) is 6.76. The normalized spacial score (nSPS) is 9.57. The molecule has 0 bridgehead atoms. The molecule has 76 valence electrons. The summed E-state index contributed by atoms with van der Waals surface area (Å²) < 4.78 is 0. The quantitative estimate of drug-likeness (QED) is 0.566. The molecule has 0 saturated carbocycles. The van der Waals surface area contributed by atoms with E-state index in [1.165, 1.54) is 12.4 Å². The monoisotopic (exact) mass is 194 g/mol. The SMILES string of the molecule is CCC(CC)=NNc1cc(O)ncn1. The predicted molar refractivity (Wildman–Crippen MR) is 55.3 cm³/mol. The average molecular weight is 194 g/mol. The lowest BCUT2D eigenvalue weighted by Gasteiger charge is -2.01. The van der Waals surface area contributed by atoms with Crippen molar-refractivity contribution in [2.75, 3.05) is 5.43 Å². The van der Waals surface area contributed by atoms with Crippen molar-refractivity contribution in [2.24, 2.45) is 5.10 Å². The molecule has 5 heteroatoms. The number of aromatic nitrogens is 2. The molecule has 1 heterocycles. The minimum absolute atomic E-state index is 0.0627. The van der Waals surface area contributed by atoms with E-state index in [2.05, 4.69) is 20.5 Å². The molecule has 1 aromatic heterocycles. The minimum Gasteiger partial charge on any atom is -0.493 e. The maximum absolute atomic E-state index is 9.05. The number of nitrogens with zero attached hydrogens (tertiary/aromatic N) is 3. The van der Waals surface area contributed by atoms with Crippen LogP contribution in [-0.4, -0.2) is 20.8 Å². The van der Waals surface area contributed by atoms with E-state index < -0.39 is 0 Å². The van der Waals surface area contributed by atoms with Crippen molar-refractivity contribution in [3.63, 3.8) is 0 Å². The largest absolute Gasteiger partial charge is 0.493 e. The Morgan fingerprint density at radius 3 is 2.71 bits per heavy atom. The maximum atomic E-state index is 9.05. The van der Waals surface area contributed by atoms with Crippen LogP contribution in [0.2, 0.25) is 0 Å². The van der Waals surface area contributed by atoms with E-state index in [0.29, 0.717) is 5.82 Å². The topological polar surface area (TPSA) is 70.4 Å². The Kier molecular flexibility index (Phi) is 3.84. The number of aromatic hydroxyl groups is 1. The summed E-state index contributed by atoms with van der Waals surface area (Å²) in [5.74, 6) is 0.434. The molecule has 0 aliphatic heterocycles. The zero-order valence-electron chi connectivity index (χ0n) is 8.36. The lowest BCUT2D eigenvalue weighted by Crippen LogP contribution is -2.00. The molecule has 0 fully saturated rings. The van der Waals surface area contributed by atoms with E-state index in [0.717, 1.165) is 18.6 Å². The fourth-order valence-corrected chi connectivity index (χ4v) is 0.953. The summed E-state index contributed by atoms with van der Waals surface area (Å²) >= 11 is 0. The molecule has 1 rings (SSSR count). The van der Waals surface area contributed by atoms with Crippen LogP contribution in [0.15, 0.2) is 17.5 Å². The van der Waals surface area contributed by atoms with E-state index in [-0.39, 0.29) is 5.88 Å². The van der Waals surface area contributed by atoms with Gasteiger partial charge in [0.25, 0.3) is 0 Å². The summed E-state index contributed by atoms with van der Waals surface area (Å²) in [6.45, 7) is 4.09. The van der Waals surface area contributed by atoms with Crippen LogP contribution in [0.1, 0.15) is 26.7 Å². The van der Waals surface area contributed by atoms with Crippen molar-refractivity contribution >= 4 is 11.5 Å². The molecule has 2 N–H and O–H groups in total. The summed E-state index contributed by atoms with van der Waals surface area (Å²) in [5.41, 5.74) is 3.82. The Morgan fingerprint density at radius 2 is 2.14 bits per heavy atom. The number of rotatable bonds is 4. The van der Waals surface area contributed by atoms with Crippen molar-refractivity contribution in [3.8, 4) is 5.88 Å². The third-order valence-electron chi connectivity index (χ3n) is 1.80. The van der Waals surface area contributed by atoms with Gasteiger partial charge in [0.1, 0.15) is 6.33 Å². The summed E-state index contributed by atoms with van der Waals surface area (Å²) in [5, 5.41) is 13.2. The molecule has 0 atom stereocenters. The lowest BCUT2D eigenvalue weighted by molar-refractivity contribution is 0.452. The second kappa shape index (κ2) is 5.16. The summed E-state index contributed by atoms with van der Waals surface area (Å²) in [6.07, 6.45) is 3.09. The minimum atomic E-state index is -0.0627. The molecule has 0 aliphatic rings. The highest BCUT2D eigenvalue weighted by Crippen LogP contribution is 2.08. The van der Waals surface area contributed by atoms with E-state index in [1.807, 2.05) is 13.8 Å².